The van der Waals surface area contributed by atoms with Crippen LogP contribution in [0.15, 0.2) is 29.1 Å². The molecule has 114 valence electrons. The van der Waals surface area contributed by atoms with Crippen molar-refractivity contribution in [2.45, 2.75) is 6.54 Å². The summed E-state index contributed by atoms with van der Waals surface area (Å²) >= 11 is 0. The highest BCUT2D eigenvalue weighted by Gasteiger charge is 2.14. The molecule has 0 atom stereocenters. The average Bonchev–Trinajstić information content (AvgIpc) is 2.47. The number of aldehydes is 1. The van der Waals surface area contributed by atoms with E-state index in [1.165, 1.54) is 0 Å². The van der Waals surface area contributed by atoms with Gasteiger partial charge in [0.2, 0.25) is 0 Å². The fourth-order valence-electron chi connectivity index (χ4n) is 1.83. The lowest BCUT2D eigenvalue weighted by Crippen LogP contribution is -2.28. The van der Waals surface area contributed by atoms with Crippen LogP contribution in [0.3, 0.4) is 0 Å². The Balaban J connectivity index is 2.58. The van der Waals surface area contributed by atoms with Crippen molar-refractivity contribution in [3.05, 3.63) is 51.9 Å². The van der Waals surface area contributed by atoms with Gasteiger partial charge in [-0.25, -0.2) is 13.5 Å². The fraction of sp³-hybridized carbons (Fsp3) is 0.143. The molecular formula is C14H10F2N2O4. The standard InChI is InChI=1S/C14H10F2N2O4/c1-22-14(21)6-18-13(20)5-11(12(7-19)17-18)8-2-9(15)4-10(16)3-8/h2-5,7H,6H2,1H3. The third-order valence-corrected chi connectivity index (χ3v) is 2.82. The SMILES string of the molecule is COC(=O)Cn1nc(C=O)c(-c2cc(F)cc(F)c2)cc1=O. The highest BCUT2D eigenvalue weighted by Crippen LogP contribution is 2.22. The number of ether oxygens (including phenoxy) is 1. The van der Waals surface area contributed by atoms with Crippen LogP contribution in [0.2, 0.25) is 0 Å². The van der Waals surface area contributed by atoms with Gasteiger partial charge in [-0.3, -0.25) is 14.4 Å². The van der Waals surface area contributed by atoms with E-state index in [4.69, 9.17) is 0 Å². The molecule has 0 N–H and O–H groups in total. The van der Waals surface area contributed by atoms with Crippen molar-refractivity contribution in [2.75, 3.05) is 7.11 Å². The van der Waals surface area contributed by atoms with Gasteiger partial charge in [-0.15, -0.1) is 0 Å². The van der Waals surface area contributed by atoms with Gasteiger partial charge in [0, 0.05) is 17.7 Å². The number of aromatic nitrogens is 2. The average molecular weight is 308 g/mol. The Kier molecular flexibility index (Phi) is 4.40. The largest absolute Gasteiger partial charge is 0.468 e. The monoisotopic (exact) mass is 308 g/mol. The van der Waals surface area contributed by atoms with E-state index < -0.39 is 29.7 Å². The Morgan fingerprint density at radius 3 is 2.45 bits per heavy atom. The first-order valence-electron chi connectivity index (χ1n) is 6.05. The van der Waals surface area contributed by atoms with E-state index in [2.05, 4.69) is 9.84 Å². The third-order valence-electron chi connectivity index (χ3n) is 2.82. The minimum atomic E-state index is -0.856. The van der Waals surface area contributed by atoms with Gasteiger partial charge in [-0.1, -0.05) is 0 Å². The summed E-state index contributed by atoms with van der Waals surface area (Å²) in [5.74, 6) is -2.44. The molecule has 0 aliphatic carbocycles. The molecule has 0 saturated carbocycles. The number of methoxy groups -OCH3 is 1. The van der Waals surface area contributed by atoms with E-state index in [0.29, 0.717) is 12.4 Å². The van der Waals surface area contributed by atoms with Gasteiger partial charge in [0.15, 0.2) is 6.29 Å². The van der Waals surface area contributed by atoms with E-state index >= 15 is 0 Å². The Morgan fingerprint density at radius 1 is 1.27 bits per heavy atom. The molecule has 1 aromatic carbocycles. The van der Waals surface area contributed by atoms with Gasteiger partial charge in [0.05, 0.1) is 7.11 Å². The van der Waals surface area contributed by atoms with Crippen LogP contribution >= 0.6 is 0 Å². The van der Waals surface area contributed by atoms with Crippen LogP contribution in [0.1, 0.15) is 10.5 Å². The summed E-state index contributed by atoms with van der Waals surface area (Å²) in [5.41, 5.74) is -0.974. The summed E-state index contributed by atoms with van der Waals surface area (Å²) < 4.78 is 31.6. The lowest BCUT2D eigenvalue weighted by molar-refractivity contribution is -0.141. The van der Waals surface area contributed by atoms with Gasteiger partial charge in [0.25, 0.3) is 5.56 Å². The molecule has 0 spiro atoms. The smallest absolute Gasteiger partial charge is 0.327 e. The van der Waals surface area contributed by atoms with Crippen LogP contribution in [0.5, 0.6) is 0 Å². The summed E-state index contributed by atoms with van der Waals surface area (Å²) in [6.45, 7) is -0.478. The molecule has 2 rings (SSSR count). The number of esters is 1. The van der Waals surface area contributed by atoms with Crippen LogP contribution in [-0.2, 0) is 16.1 Å². The van der Waals surface area contributed by atoms with E-state index in [9.17, 15) is 23.2 Å². The van der Waals surface area contributed by atoms with Crippen molar-refractivity contribution in [3.8, 4) is 11.1 Å². The van der Waals surface area contributed by atoms with Crippen molar-refractivity contribution in [1.82, 2.24) is 9.78 Å². The molecule has 8 heteroatoms. The number of benzene rings is 1. The summed E-state index contributed by atoms with van der Waals surface area (Å²) in [5, 5.41) is 3.70. The normalized spacial score (nSPS) is 10.3. The molecule has 0 amide bonds. The first kappa shape index (κ1) is 15.5. The van der Waals surface area contributed by atoms with E-state index in [1.54, 1.807) is 0 Å². The quantitative estimate of drug-likeness (QED) is 0.626. The number of carbonyl (C=O) groups excluding carboxylic acids is 2. The second-order valence-electron chi connectivity index (χ2n) is 4.29. The molecule has 1 aromatic heterocycles. The molecule has 0 radical (unpaired) electrons. The lowest BCUT2D eigenvalue weighted by Gasteiger charge is -2.08. The van der Waals surface area contributed by atoms with Crippen molar-refractivity contribution in [2.24, 2.45) is 0 Å². The number of halogens is 2. The molecular weight excluding hydrogens is 298 g/mol. The third kappa shape index (κ3) is 3.22. The Morgan fingerprint density at radius 2 is 1.91 bits per heavy atom. The van der Waals surface area contributed by atoms with E-state index in [0.717, 1.165) is 30.0 Å². The molecule has 0 aliphatic heterocycles. The highest BCUT2D eigenvalue weighted by molar-refractivity contribution is 5.84. The molecule has 0 unspecified atom stereocenters. The van der Waals surface area contributed by atoms with Crippen molar-refractivity contribution >= 4 is 12.3 Å². The van der Waals surface area contributed by atoms with Crippen LogP contribution in [-0.4, -0.2) is 29.1 Å². The predicted molar refractivity (Wildman–Crippen MR) is 71.3 cm³/mol. The van der Waals surface area contributed by atoms with Crippen LogP contribution in [0.25, 0.3) is 11.1 Å². The number of carbonyl (C=O) groups is 2. The second-order valence-corrected chi connectivity index (χ2v) is 4.29. The van der Waals surface area contributed by atoms with Gasteiger partial charge in [-0.05, 0) is 17.7 Å². The molecule has 0 saturated heterocycles. The number of hydrogen-bond donors (Lipinski definition) is 0. The molecule has 22 heavy (non-hydrogen) atoms. The molecule has 2 aromatic rings. The number of hydrogen-bond acceptors (Lipinski definition) is 5. The fourth-order valence-corrected chi connectivity index (χ4v) is 1.83. The Labute approximate surface area is 122 Å². The highest BCUT2D eigenvalue weighted by atomic mass is 19.1. The lowest BCUT2D eigenvalue weighted by atomic mass is 10.0. The Hall–Kier alpha value is -2.90. The van der Waals surface area contributed by atoms with Crippen molar-refractivity contribution in [3.63, 3.8) is 0 Å². The maximum absolute atomic E-state index is 13.3. The summed E-state index contributed by atoms with van der Waals surface area (Å²) in [4.78, 5) is 34.2. The van der Waals surface area contributed by atoms with Gasteiger partial charge in [-0.2, -0.15) is 5.10 Å². The van der Waals surface area contributed by atoms with Crippen molar-refractivity contribution in [1.29, 1.82) is 0 Å². The zero-order chi connectivity index (χ0) is 16.3. The van der Waals surface area contributed by atoms with E-state index in [-0.39, 0.29) is 16.8 Å². The zero-order valence-corrected chi connectivity index (χ0v) is 11.4. The molecule has 6 nitrogen and oxygen atoms in total. The van der Waals surface area contributed by atoms with Crippen molar-refractivity contribution < 1.29 is 23.1 Å². The maximum Gasteiger partial charge on any atom is 0.327 e. The van der Waals surface area contributed by atoms with Crippen LogP contribution in [0.4, 0.5) is 8.78 Å². The first-order chi connectivity index (χ1) is 10.4. The first-order valence-corrected chi connectivity index (χ1v) is 6.05. The molecule has 1 heterocycles. The Bertz CT molecular complexity index is 782. The predicted octanol–water partition coefficient (Wildman–Crippen LogP) is 1.17. The molecule has 0 fully saturated rings. The molecule has 0 bridgehead atoms. The maximum atomic E-state index is 13.3. The summed E-state index contributed by atoms with van der Waals surface area (Å²) in [6.07, 6.45) is 0.325. The van der Waals surface area contributed by atoms with Gasteiger partial charge < -0.3 is 4.74 Å². The zero-order valence-electron chi connectivity index (χ0n) is 11.4. The van der Waals surface area contributed by atoms with E-state index in [1.807, 2.05) is 0 Å². The summed E-state index contributed by atoms with van der Waals surface area (Å²) in [7, 11) is 1.14. The second kappa shape index (κ2) is 6.25. The van der Waals surface area contributed by atoms with Crippen LogP contribution in [0, 0.1) is 11.6 Å². The summed E-state index contributed by atoms with van der Waals surface area (Å²) in [6, 6.07) is 3.58. The number of nitrogens with zero attached hydrogens (tertiary/aromatic N) is 2. The van der Waals surface area contributed by atoms with Gasteiger partial charge >= 0.3 is 5.97 Å². The topological polar surface area (TPSA) is 78.3 Å². The number of rotatable bonds is 4. The minimum absolute atomic E-state index is 0.00517. The molecule has 0 aliphatic rings. The minimum Gasteiger partial charge on any atom is -0.468 e. The van der Waals surface area contributed by atoms with Gasteiger partial charge in [0.1, 0.15) is 23.9 Å². The van der Waals surface area contributed by atoms with Crippen LogP contribution < -0.4 is 5.56 Å².